The predicted octanol–water partition coefficient (Wildman–Crippen LogP) is 3.48. The van der Waals surface area contributed by atoms with Crippen molar-refractivity contribution in [1.82, 2.24) is 9.29 Å². The molecular weight excluding hydrogens is 414 g/mol. The van der Waals surface area contributed by atoms with Gasteiger partial charge in [0.05, 0.1) is 11.4 Å². The van der Waals surface area contributed by atoms with Gasteiger partial charge in [-0.1, -0.05) is 30.3 Å². The van der Waals surface area contributed by atoms with Gasteiger partial charge in [0, 0.05) is 35.9 Å². The fourth-order valence-corrected chi connectivity index (χ4v) is 5.55. The lowest BCUT2D eigenvalue weighted by atomic mass is 9.98. The smallest absolute Gasteiger partial charge is 0.245 e. The van der Waals surface area contributed by atoms with E-state index in [0.29, 0.717) is 36.2 Å². The van der Waals surface area contributed by atoms with Gasteiger partial charge in [-0.3, -0.25) is 14.6 Å². The van der Waals surface area contributed by atoms with Crippen LogP contribution in [0.5, 0.6) is 0 Å². The minimum atomic E-state index is -3.80. The van der Waals surface area contributed by atoms with Crippen molar-refractivity contribution in [1.29, 1.82) is 0 Å². The number of fused-ring (bicyclic) bond motifs is 1. The van der Waals surface area contributed by atoms with E-state index in [1.807, 2.05) is 12.1 Å². The van der Waals surface area contributed by atoms with Crippen LogP contribution < -0.4 is 5.32 Å². The Hall–Kier alpha value is -3.10. The number of para-hydroxylation sites is 1. The Kier molecular flexibility index (Phi) is 5.84. The number of anilines is 1. The monoisotopic (exact) mass is 437 g/mol. The number of piperidine rings is 1. The second kappa shape index (κ2) is 8.56. The van der Waals surface area contributed by atoms with Gasteiger partial charge in [0.1, 0.15) is 4.90 Å². The largest absolute Gasteiger partial charge is 0.326 e. The van der Waals surface area contributed by atoms with Crippen molar-refractivity contribution in [3.05, 3.63) is 66.4 Å². The molecule has 1 aromatic heterocycles. The second-order valence-corrected chi connectivity index (χ2v) is 9.57. The lowest BCUT2D eigenvalue weighted by Crippen LogP contribution is -2.43. The summed E-state index contributed by atoms with van der Waals surface area (Å²) in [6.45, 7) is 1.92. The van der Waals surface area contributed by atoms with E-state index >= 15 is 0 Å². The van der Waals surface area contributed by atoms with E-state index in [-0.39, 0.29) is 23.1 Å². The molecule has 31 heavy (non-hydrogen) atoms. The highest BCUT2D eigenvalue weighted by molar-refractivity contribution is 7.89. The Labute approximate surface area is 181 Å². The van der Waals surface area contributed by atoms with E-state index in [0.717, 1.165) is 5.39 Å². The lowest BCUT2D eigenvalue weighted by molar-refractivity contribution is -0.120. The molecule has 1 aliphatic rings. The van der Waals surface area contributed by atoms with Crippen LogP contribution in [0, 0.1) is 5.92 Å². The van der Waals surface area contributed by atoms with E-state index in [1.165, 1.54) is 11.2 Å². The number of rotatable bonds is 5. The highest BCUT2D eigenvalue weighted by atomic mass is 32.2. The summed E-state index contributed by atoms with van der Waals surface area (Å²) in [5, 5.41) is 3.57. The molecule has 3 aromatic rings. The van der Waals surface area contributed by atoms with Gasteiger partial charge in [-0.25, -0.2) is 8.42 Å². The maximum absolute atomic E-state index is 13.4. The number of amides is 1. The molecule has 0 bridgehead atoms. The summed E-state index contributed by atoms with van der Waals surface area (Å²) < 4.78 is 28.1. The number of carbonyl (C=O) groups is 2. The Morgan fingerprint density at radius 1 is 1.10 bits per heavy atom. The number of sulfonamides is 1. The third-order valence-electron chi connectivity index (χ3n) is 5.51. The average Bonchev–Trinajstić information content (AvgIpc) is 2.79. The molecule has 4 rings (SSSR count). The van der Waals surface area contributed by atoms with Crippen LogP contribution in [0.3, 0.4) is 0 Å². The molecule has 2 heterocycles. The Morgan fingerprint density at radius 3 is 2.68 bits per heavy atom. The Bertz CT molecular complexity index is 1250. The van der Waals surface area contributed by atoms with E-state index in [2.05, 4.69) is 10.3 Å². The fourth-order valence-electron chi connectivity index (χ4n) is 3.86. The molecule has 2 aromatic carbocycles. The molecule has 0 radical (unpaired) electrons. The lowest BCUT2D eigenvalue weighted by Gasteiger charge is -2.31. The van der Waals surface area contributed by atoms with Crippen molar-refractivity contribution in [2.45, 2.75) is 24.7 Å². The van der Waals surface area contributed by atoms with E-state index in [1.54, 1.807) is 48.7 Å². The maximum Gasteiger partial charge on any atom is 0.245 e. The van der Waals surface area contributed by atoms with Gasteiger partial charge >= 0.3 is 0 Å². The van der Waals surface area contributed by atoms with Gasteiger partial charge < -0.3 is 5.32 Å². The summed E-state index contributed by atoms with van der Waals surface area (Å²) in [6, 6.07) is 15.4. The number of hydrogen-bond donors (Lipinski definition) is 1. The molecule has 1 fully saturated rings. The first-order valence-corrected chi connectivity index (χ1v) is 11.6. The molecule has 1 aliphatic heterocycles. The minimum Gasteiger partial charge on any atom is -0.326 e. The summed E-state index contributed by atoms with van der Waals surface area (Å²) in [5.41, 5.74) is 1.46. The average molecular weight is 438 g/mol. The third-order valence-corrected chi connectivity index (χ3v) is 7.40. The van der Waals surface area contributed by atoms with Gasteiger partial charge in [0.15, 0.2) is 5.78 Å². The number of ketones is 1. The van der Waals surface area contributed by atoms with Crippen molar-refractivity contribution in [2.24, 2.45) is 5.92 Å². The van der Waals surface area contributed by atoms with Crippen molar-refractivity contribution in [3.63, 3.8) is 0 Å². The van der Waals surface area contributed by atoms with Gasteiger partial charge in [0.25, 0.3) is 0 Å². The Balaban J connectivity index is 1.54. The number of aromatic nitrogens is 1. The number of benzene rings is 2. The summed E-state index contributed by atoms with van der Waals surface area (Å²) in [5.74, 6) is -0.821. The van der Waals surface area contributed by atoms with Crippen LogP contribution in [-0.4, -0.2) is 42.5 Å². The van der Waals surface area contributed by atoms with Gasteiger partial charge in [-0.2, -0.15) is 4.31 Å². The molecular formula is C23H23N3O4S. The van der Waals surface area contributed by atoms with Crippen LogP contribution in [0.15, 0.2) is 65.7 Å². The number of Topliss-reactive ketones (excluding diaryl/α,β-unsaturated/α-hetero) is 1. The molecule has 7 nitrogen and oxygen atoms in total. The quantitative estimate of drug-likeness (QED) is 0.617. The number of carbonyl (C=O) groups excluding carboxylic acids is 2. The molecule has 1 saturated heterocycles. The molecule has 0 saturated carbocycles. The predicted molar refractivity (Wildman–Crippen MR) is 118 cm³/mol. The normalized spacial score (nSPS) is 17.4. The first kappa shape index (κ1) is 21.1. The zero-order valence-electron chi connectivity index (χ0n) is 17.1. The van der Waals surface area contributed by atoms with E-state index in [9.17, 15) is 18.0 Å². The van der Waals surface area contributed by atoms with Crippen molar-refractivity contribution < 1.29 is 18.0 Å². The molecule has 0 spiro atoms. The molecule has 8 heteroatoms. The summed E-state index contributed by atoms with van der Waals surface area (Å²) in [6.07, 6.45) is 2.75. The van der Waals surface area contributed by atoms with Crippen LogP contribution in [0.2, 0.25) is 0 Å². The highest BCUT2D eigenvalue weighted by Crippen LogP contribution is 2.28. The van der Waals surface area contributed by atoms with Crippen LogP contribution in [0.4, 0.5) is 5.69 Å². The van der Waals surface area contributed by atoms with Crippen molar-refractivity contribution in [2.75, 3.05) is 18.4 Å². The number of pyridine rings is 1. The number of nitrogens with one attached hydrogen (secondary N) is 1. The van der Waals surface area contributed by atoms with E-state index in [4.69, 9.17) is 0 Å². The van der Waals surface area contributed by atoms with Gasteiger partial charge in [-0.05, 0) is 44.0 Å². The number of hydrogen-bond acceptors (Lipinski definition) is 5. The zero-order chi connectivity index (χ0) is 22.0. The van der Waals surface area contributed by atoms with E-state index < -0.39 is 15.9 Å². The van der Waals surface area contributed by atoms with Crippen LogP contribution in [-0.2, 0) is 14.8 Å². The van der Waals surface area contributed by atoms with Gasteiger partial charge in [0.2, 0.25) is 15.9 Å². The molecule has 1 amide bonds. The van der Waals surface area contributed by atoms with Crippen LogP contribution >= 0.6 is 0 Å². The summed E-state index contributed by atoms with van der Waals surface area (Å²) >= 11 is 0. The summed E-state index contributed by atoms with van der Waals surface area (Å²) in [7, 11) is -3.80. The van der Waals surface area contributed by atoms with Crippen molar-refractivity contribution in [3.8, 4) is 0 Å². The Morgan fingerprint density at radius 2 is 1.87 bits per heavy atom. The minimum absolute atomic E-state index is 0.0882. The second-order valence-electron chi connectivity index (χ2n) is 7.66. The first-order valence-electron chi connectivity index (χ1n) is 10.1. The summed E-state index contributed by atoms with van der Waals surface area (Å²) in [4.78, 5) is 28.8. The molecule has 1 N–H and O–H groups in total. The van der Waals surface area contributed by atoms with Crippen molar-refractivity contribution >= 4 is 38.3 Å². The van der Waals surface area contributed by atoms with Crippen LogP contribution in [0.1, 0.15) is 30.1 Å². The molecule has 1 atom stereocenters. The van der Waals surface area contributed by atoms with Crippen LogP contribution in [0.25, 0.3) is 10.9 Å². The standard InChI is InChI=1S/C23H23N3O4S/c1-16(27)18-7-2-10-20(14-18)25-23(28)19-9-5-13-26(15-19)31(29,30)21-11-3-6-17-8-4-12-24-22(17)21/h2-4,6-8,10-12,14,19H,5,9,13,15H2,1H3,(H,25,28)/t19-/m0/s1. The maximum atomic E-state index is 13.4. The third kappa shape index (κ3) is 4.35. The molecule has 160 valence electrons. The molecule has 0 unspecified atom stereocenters. The molecule has 0 aliphatic carbocycles. The first-order chi connectivity index (χ1) is 14.9. The topological polar surface area (TPSA) is 96.4 Å². The fraction of sp³-hybridized carbons (Fsp3) is 0.261. The SMILES string of the molecule is CC(=O)c1cccc(NC(=O)[C@H]2CCCN(S(=O)(=O)c3cccc4cccnc34)C2)c1. The number of nitrogens with zero attached hydrogens (tertiary/aromatic N) is 2. The van der Waals surface area contributed by atoms with Gasteiger partial charge in [-0.15, -0.1) is 0 Å². The zero-order valence-corrected chi connectivity index (χ0v) is 17.9. The highest BCUT2D eigenvalue weighted by Gasteiger charge is 2.34.